The Morgan fingerprint density at radius 1 is 1.11 bits per heavy atom. The molecule has 1 fully saturated rings. The van der Waals surface area contributed by atoms with Gasteiger partial charge in [0.2, 0.25) is 0 Å². The van der Waals surface area contributed by atoms with Crippen molar-refractivity contribution in [2.24, 2.45) is 0 Å². The molecule has 2 heterocycles. The van der Waals surface area contributed by atoms with Gasteiger partial charge in [0.15, 0.2) is 0 Å². The average Bonchev–Trinajstić information content (AvgIpc) is 2.86. The highest BCUT2D eigenvalue weighted by Gasteiger charge is 2.31. The quantitative estimate of drug-likeness (QED) is 0.705. The molecule has 1 saturated heterocycles. The summed E-state index contributed by atoms with van der Waals surface area (Å²) in [7, 11) is 0. The van der Waals surface area contributed by atoms with Gasteiger partial charge in [-0.05, 0) is 37.8 Å². The van der Waals surface area contributed by atoms with Gasteiger partial charge in [0.05, 0.1) is 5.56 Å². The van der Waals surface area contributed by atoms with Gasteiger partial charge in [0.1, 0.15) is 0 Å². The number of amides is 1. The van der Waals surface area contributed by atoms with Crippen LogP contribution in [0.5, 0.6) is 0 Å². The predicted octanol–water partition coefficient (Wildman–Crippen LogP) is 2.39. The lowest BCUT2D eigenvalue weighted by atomic mass is 10.1. The third-order valence-electron chi connectivity index (χ3n) is 3.94. The first kappa shape index (κ1) is 11.5. The van der Waals surface area contributed by atoms with Crippen molar-refractivity contribution in [2.45, 2.75) is 31.7 Å². The molecule has 2 aliphatic heterocycles. The number of carbonyl (C=O) groups excluding carboxylic acids is 1. The van der Waals surface area contributed by atoms with Crippen LogP contribution in [0.3, 0.4) is 0 Å². The number of rotatable bonds is 0. The number of hydrogen-bond acceptors (Lipinski definition) is 3. The molecule has 1 atom stereocenters. The van der Waals surface area contributed by atoms with Gasteiger partial charge >= 0.3 is 0 Å². The number of hydrogen-bond donors (Lipinski definition) is 0. The summed E-state index contributed by atoms with van der Waals surface area (Å²) in [6, 6.07) is 7.49. The van der Waals surface area contributed by atoms with Gasteiger partial charge in [-0.3, -0.25) is 4.79 Å². The topological polar surface area (TPSA) is 46.6 Å². The second kappa shape index (κ2) is 4.61. The van der Waals surface area contributed by atoms with Crippen molar-refractivity contribution in [3.63, 3.8) is 0 Å². The molecule has 3 rings (SSSR count). The summed E-state index contributed by atoms with van der Waals surface area (Å²) < 4.78 is 0. The Balaban J connectivity index is 2.03. The number of para-hydroxylation sites is 1. The van der Waals surface area contributed by atoms with E-state index in [4.69, 9.17) is 0 Å². The molecular formula is C14H17N2O2-. The third-order valence-corrected chi connectivity index (χ3v) is 3.94. The normalized spacial score (nSPS) is 24.1. The SMILES string of the molecule is O=C1c2ccccc2N([O-])CCC[C@H]2CCCN12. The van der Waals surface area contributed by atoms with E-state index < -0.39 is 0 Å². The van der Waals surface area contributed by atoms with Crippen molar-refractivity contribution >= 4 is 11.6 Å². The van der Waals surface area contributed by atoms with Crippen LogP contribution in [0.4, 0.5) is 5.69 Å². The van der Waals surface area contributed by atoms with Crippen LogP contribution in [0.2, 0.25) is 0 Å². The van der Waals surface area contributed by atoms with E-state index in [2.05, 4.69) is 0 Å². The first-order chi connectivity index (χ1) is 8.77. The lowest BCUT2D eigenvalue weighted by Crippen LogP contribution is -2.35. The van der Waals surface area contributed by atoms with Gasteiger partial charge in [0.25, 0.3) is 5.91 Å². The molecule has 1 aromatic carbocycles. The predicted molar refractivity (Wildman–Crippen MR) is 70.4 cm³/mol. The standard InChI is InChI=1S/C14H17N2O2/c17-14-12-7-1-2-8-13(12)16(18)10-4-6-11-5-3-9-15(11)14/h1-2,7-8,11H,3-6,9-10H2/q-1/t11-/m1/s1. The number of nitrogens with zero attached hydrogens (tertiary/aromatic N) is 2. The maximum Gasteiger partial charge on any atom is 0.256 e. The Labute approximate surface area is 107 Å². The molecule has 4 heteroatoms. The van der Waals surface area contributed by atoms with Crippen molar-refractivity contribution in [1.82, 2.24) is 4.90 Å². The van der Waals surface area contributed by atoms with Crippen molar-refractivity contribution in [3.8, 4) is 0 Å². The van der Waals surface area contributed by atoms with E-state index in [1.807, 2.05) is 17.0 Å². The zero-order valence-electron chi connectivity index (χ0n) is 10.3. The molecular weight excluding hydrogens is 228 g/mol. The third kappa shape index (κ3) is 1.86. The summed E-state index contributed by atoms with van der Waals surface area (Å²) in [5.41, 5.74) is 1.08. The summed E-state index contributed by atoms with van der Waals surface area (Å²) in [4.78, 5) is 14.5. The number of fused-ring (bicyclic) bond motifs is 2. The van der Waals surface area contributed by atoms with Gasteiger partial charge in [-0.15, -0.1) is 0 Å². The number of hydroxylamine groups is 1. The van der Waals surface area contributed by atoms with Crippen LogP contribution in [-0.4, -0.2) is 29.9 Å². The molecule has 0 aromatic heterocycles. The van der Waals surface area contributed by atoms with E-state index in [-0.39, 0.29) is 5.91 Å². The maximum atomic E-state index is 12.5. The lowest BCUT2D eigenvalue weighted by Gasteiger charge is -2.31. The second-order valence-electron chi connectivity index (χ2n) is 5.06. The summed E-state index contributed by atoms with van der Waals surface area (Å²) in [6.07, 6.45) is 3.96. The van der Waals surface area contributed by atoms with Crippen LogP contribution in [0.1, 0.15) is 36.0 Å². The second-order valence-corrected chi connectivity index (χ2v) is 5.06. The van der Waals surface area contributed by atoms with Crippen LogP contribution >= 0.6 is 0 Å². The molecule has 2 aliphatic rings. The van der Waals surface area contributed by atoms with Crippen molar-refractivity contribution in [3.05, 3.63) is 35.0 Å². The Kier molecular flexibility index (Phi) is 2.96. The van der Waals surface area contributed by atoms with E-state index >= 15 is 0 Å². The fraction of sp³-hybridized carbons (Fsp3) is 0.500. The van der Waals surface area contributed by atoms with Gasteiger partial charge in [-0.25, -0.2) is 0 Å². The summed E-state index contributed by atoms with van der Waals surface area (Å²) in [5, 5.41) is 13.0. The molecule has 1 amide bonds. The van der Waals surface area contributed by atoms with Crippen molar-refractivity contribution in [2.75, 3.05) is 18.2 Å². The van der Waals surface area contributed by atoms with Gasteiger partial charge in [-0.1, -0.05) is 12.1 Å². The highest BCUT2D eigenvalue weighted by molar-refractivity contribution is 6.00. The van der Waals surface area contributed by atoms with Crippen molar-refractivity contribution in [1.29, 1.82) is 0 Å². The molecule has 0 N–H and O–H groups in total. The average molecular weight is 245 g/mol. The minimum atomic E-state index is 0.0239. The largest absolute Gasteiger partial charge is 0.758 e. The van der Waals surface area contributed by atoms with Crippen molar-refractivity contribution < 1.29 is 4.79 Å². The molecule has 0 aliphatic carbocycles. The molecule has 1 aromatic rings. The van der Waals surface area contributed by atoms with Crippen LogP contribution in [0.25, 0.3) is 0 Å². The fourth-order valence-electron chi connectivity index (χ4n) is 3.02. The first-order valence-corrected chi connectivity index (χ1v) is 6.62. The number of anilines is 1. The highest BCUT2D eigenvalue weighted by atomic mass is 16.5. The zero-order valence-corrected chi connectivity index (χ0v) is 10.3. The monoisotopic (exact) mass is 245 g/mol. The Morgan fingerprint density at radius 3 is 2.67 bits per heavy atom. The van der Waals surface area contributed by atoms with Gasteiger partial charge in [0, 0.05) is 24.8 Å². The van der Waals surface area contributed by atoms with E-state index in [0.29, 0.717) is 23.8 Å². The summed E-state index contributed by atoms with van der Waals surface area (Å²) in [6.45, 7) is 1.31. The summed E-state index contributed by atoms with van der Waals surface area (Å²) in [5.74, 6) is 0.0239. The lowest BCUT2D eigenvalue weighted by molar-refractivity contribution is 0.0732. The molecule has 0 bridgehead atoms. The van der Waals surface area contributed by atoms with E-state index in [0.717, 1.165) is 37.3 Å². The Hall–Kier alpha value is -1.55. The molecule has 0 radical (unpaired) electrons. The minimum Gasteiger partial charge on any atom is -0.758 e. The summed E-state index contributed by atoms with van der Waals surface area (Å²) >= 11 is 0. The van der Waals surface area contributed by atoms with Crippen LogP contribution in [-0.2, 0) is 0 Å². The van der Waals surface area contributed by atoms with Crippen LogP contribution in [0, 0.1) is 5.21 Å². The molecule has 96 valence electrons. The molecule has 0 spiro atoms. The molecule has 0 unspecified atom stereocenters. The smallest absolute Gasteiger partial charge is 0.256 e. The number of carbonyl (C=O) groups is 1. The highest BCUT2D eigenvalue weighted by Crippen LogP contribution is 2.29. The molecule has 4 nitrogen and oxygen atoms in total. The maximum absolute atomic E-state index is 12.5. The van der Waals surface area contributed by atoms with E-state index in [1.165, 1.54) is 0 Å². The first-order valence-electron chi connectivity index (χ1n) is 6.62. The van der Waals surface area contributed by atoms with Crippen LogP contribution < -0.4 is 5.06 Å². The minimum absolute atomic E-state index is 0.0239. The van der Waals surface area contributed by atoms with Gasteiger partial charge in [-0.2, -0.15) is 0 Å². The molecule has 0 saturated carbocycles. The van der Waals surface area contributed by atoms with Gasteiger partial charge < -0.3 is 15.2 Å². The Bertz CT molecular complexity index is 461. The fourth-order valence-corrected chi connectivity index (χ4v) is 3.02. The van der Waals surface area contributed by atoms with Crippen LogP contribution in [0.15, 0.2) is 24.3 Å². The molecule has 18 heavy (non-hydrogen) atoms. The van der Waals surface area contributed by atoms with E-state index in [9.17, 15) is 10.0 Å². The number of benzene rings is 1. The Morgan fingerprint density at radius 2 is 1.83 bits per heavy atom. The zero-order chi connectivity index (χ0) is 12.5. The van der Waals surface area contributed by atoms with E-state index in [1.54, 1.807) is 12.1 Å².